The minimum atomic E-state index is -0.743. The minimum absolute atomic E-state index is 0.0598. The van der Waals surface area contributed by atoms with Crippen molar-refractivity contribution in [2.75, 3.05) is 57.5 Å². The van der Waals surface area contributed by atoms with Crippen LogP contribution in [0.25, 0.3) is 10.2 Å². The molecular weight excluding hydrogens is 452 g/mol. The van der Waals surface area contributed by atoms with Crippen LogP contribution in [0.2, 0.25) is 0 Å². The molecule has 0 unspecified atom stereocenters. The molecule has 1 fully saturated rings. The van der Waals surface area contributed by atoms with Crippen LogP contribution in [0.3, 0.4) is 0 Å². The molecule has 0 radical (unpaired) electrons. The molecule has 0 aliphatic carbocycles. The van der Waals surface area contributed by atoms with Crippen molar-refractivity contribution in [2.24, 2.45) is 0 Å². The quantitative estimate of drug-likeness (QED) is 0.542. The molecule has 1 amide bonds. The molecule has 3 aromatic rings. The number of morpholine rings is 1. The van der Waals surface area contributed by atoms with Gasteiger partial charge in [0.25, 0.3) is 5.91 Å². The fourth-order valence-corrected chi connectivity index (χ4v) is 4.98. The Morgan fingerprint density at radius 1 is 1.06 bits per heavy atom. The van der Waals surface area contributed by atoms with Crippen LogP contribution >= 0.6 is 11.3 Å². The molecule has 0 spiro atoms. The maximum Gasteiger partial charge on any atom is 0.260 e. The maximum absolute atomic E-state index is 14.3. The van der Waals surface area contributed by atoms with Gasteiger partial charge in [0.05, 0.1) is 17.9 Å². The lowest BCUT2D eigenvalue weighted by atomic mass is 10.1. The Morgan fingerprint density at radius 3 is 2.67 bits per heavy atom. The number of anilines is 1. The molecule has 2 aliphatic heterocycles. The summed E-state index contributed by atoms with van der Waals surface area (Å²) in [6.45, 7) is 5.14. The zero-order valence-corrected chi connectivity index (χ0v) is 18.7. The number of hydrogen-bond acceptors (Lipinski definition) is 7. The van der Waals surface area contributed by atoms with Gasteiger partial charge in [-0.05, 0) is 30.7 Å². The second-order valence-corrected chi connectivity index (χ2v) is 8.86. The molecule has 33 heavy (non-hydrogen) atoms. The molecule has 3 heterocycles. The SMILES string of the molecule is O=C(c1ccc2c(c1)OCCO2)N(CCCN1CCOCC1)c1nc2c(F)cc(F)cc2s1. The zero-order chi connectivity index (χ0) is 22.8. The van der Waals surface area contributed by atoms with Crippen LogP contribution in [0.5, 0.6) is 11.5 Å². The van der Waals surface area contributed by atoms with Gasteiger partial charge in [0.1, 0.15) is 24.5 Å². The van der Waals surface area contributed by atoms with Gasteiger partial charge in [-0.1, -0.05) is 11.3 Å². The van der Waals surface area contributed by atoms with Crippen LogP contribution in [0.4, 0.5) is 13.9 Å². The first-order valence-electron chi connectivity index (χ1n) is 10.9. The number of nitrogens with zero attached hydrogens (tertiary/aromatic N) is 3. The third-order valence-electron chi connectivity index (χ3n) is 5.63. The number of ether oxygens (including phenoxy) is 3. The molecule has 2 aliphatic rings. The van der Waals surface area contributed by atoms with Crippen molar-refractivity contribution < 1.29 is 27.8 Å². The minimum Gasteiger partial charge on any atom is -0.486 e. The molecule has 10 heteroatoms. The molecule has 1 aromatic heterocycles. The average Bonchev–Trinajstić information content (AvgIpc) is 3.26. The van der Waals surface area contributed by atoms with E-state index in [1.807, 2.05) is 0 Å². The van der Waals surface area contributed by atoms with E-state index in [1.54, 1.807) is 18.2 Å². The van der Waals surface area contributed by atoms with Crippen LogP contribution < -0.4 is 14.4 Å². The summed E-state index contributed by atoms with van der Waals surface area (Å²) in [6, 6.07) is 7.08. The standard InChI is InChI=1S/C23H23F2N3O4S/c24-16-13-17(25)21-20(14-16)33-23(26-21)28(5-1-4-27-6-8-30-9-7-27)22(29)15-2-3-18-19(12-15)32-11-10-31-18/h2-3,12-14H,1,4-11H2. The molecular formula is C23H23F2N3O4S. The van der Waals surface area contributed by atoms with E-state index in [0.717, 1.165) is 37.0 Å². The van der Waals surface area contributed by atoms with Gasteiger partial charge < -0.3 is 14.2 Å². The fourth-order valence-electron chi connectivity index (χ4n) is 3.95. The van der Waals surface area contributed by atoms with Crippen LogP contribution in [0, 0.1) is 11.6 Å². The lowest BCUT2D eigenvalue weighted by Crippen LogP contribution is -2.39. The molecule has 0 saturated carbocycles. The third-order valence-corrected chi connectivity index (χ3v) is 6.65. The number of hydrogen-bond donors (Lipinski definition) is 0. The number of amides is 1. The number of fused-ring (bicyclic) bond motifs is 2. The Morgan fingerprint density at radius 2 is 1.85 bits per heavy atom. The van der Waals surface area contributed by atoms with Gasteiger partial charge in [-0.15, -0.1) is 0 Å². The van der Waals surface area contributed by atoms with Crippen molar-refractivity contribution in [3.63, 3.8) is 0 Å². The summed E-state index contributed by atoms with van der Waals surface area (Å²) < 4.78 is 44.9. The second-order valence-electron chi connectivity index (χ2n) is 7.85. The molecule has 1 saturated heterocycles. The lowest BCUT2D eigenvalue weighted by molar-refractivity contribution is 0.0376. The third kappa shape index (κ3) is 4.78. The van der Waals surface area contributed by atoms with Crippen molar-refractivity contribution >= 4 is 32.6 Å². The van der Waals surface area contributed by atoms with Gasteiger partial charge in [-0.2, -0.15) is 0 Å². The summed E-state index contributed by atoms with van der Waals surface area (Å²) in [7, 11) is 0. The van der Waals surface area contributed by atoms with Crippen molar-refractivity contribution in [3.05, 3.63) is 47.5 Å². The van der Waals surface area contributed by atoms with Gasteiger partial charge in [-0.3, -0.25) is 14.6 Å². The van der Waals surface area contributed by atoms with E-state index < -0.39 is 11.6 Å². The monoisotopic (exact) mass is 475 g/mol. The Hall–Kier alpha value is -2.82. The number of rotatable bonds is 6. The highest BCUT2D eigenvalue weighted by molar-refractivity contribution is 7.22. The van der Waals surface area contributed by atoms with Gasteiger partial charge in [0.2, 0.25) is 0 Å². The fraction of sp³-hybridized carbons (Fsp3) is 0.391. The molecule has 5 rings (SSSR count). The maximum atomic E-state index is 14.3. The zero-order valence-electron chi connectivity index (χ0n) is 17.9. The smallest absolute Gasteiger partial charge is 0.260 e. The van der Waals surface area contributed by atoms with Gasteiger partial charge in [0.15, 0.2) is 22.4 Å². The highest BCUT2D eigenvalue weighted by atomic mass is 32.1. The predicted molar refractivity (Wildman–Crippen MR) is 121 cm³/mol. The topological polar surface area (TPSA) is 64.1 Å². The van der Waals surface area contributed by atoms with E-state index in [2.05, 4.69) is 9.88 Å². The molecule has 0 N–H and O–H groups in total. The molecule has 7 nitrogen and oxygen atoms in total. The van der Waals surface area contributed by atoms with Crippen LogP contribution in [0.15, 0.2) is 30.3 Å². The molecule has 174 valence electrons. The van der Waals surface area contributed by atoms with Gasteiger partial charge in [-0.25, -0.2) is 13.8 Å². The Balaban J connectivity index is 1.43. The lowest BCUT2D eigenvalue weighted by Gasteiger charge is -2.28. The summed E-state index contributed by atoms with van der Waals surface area (Å²) in [6.07, 6.45) is 0.697. The number of aromatic nitrogens is 1. The van der Waals surface area contributed by atoms with E-state index in [1.165, 1.54) is 11.0 Å². The first-order valence-corrected chi connectivity index (χ1v) is 11.7. The largest absolute Gasteiger partial charge is 0.486 e. The van der Waals surface area contributed by atoms with Crippen LogP contribution in [-0.2, 0) is 4.74 Å². The Bertz CT molecular complexity index is 1170. The molecule has 0 bridgehead atoms. The predicted octanol–water partition coefficient (Wildman–Crippen LogP) is 3.71. The summed E-state index contributed by atoms with van der Waals surface area (Å²) in [4.78, 5) is 21.7. The Kier molecular flexibility index (Phi) is 6.39. The van der Waals surface area contributed by atoms with Crippen molar-refractivity contribution in [1.82, 2.24) is 9.88 Å². The van der Waals surface area contributed by atoms with E-state index >= 15 is 0 Å². The first-order chi connectivity index (χ1) is 16.1. The normalized spacial score (nSPS) is 16.2. The van der Waals surface area contributed by atoms with Gasteiger partial charge in [0, 0.05) is 37.8 Å². The van der Waals surface area contributed by atoms with E-state index in [-0.39, 0.29) is 11.4 Å². The molecule has 2 aromatic carbocycles. The summed E-state index contributed by atoms with van der Waals surface area (Å²) in [5, 5.41) is 0.330. The number of carbonyl (C=O) groups excluding carboxylic acids is 1. The number of halogens is 2. The number of thiazole rings is 1. The summed E-state index contributed by atoms with van der Waals surface area (Å²) in [5.41, 5.74) is 0.473. The highest BCUT2D eigenvalue weighted by Gasteiger charge is 2.25. The average molecular weight is 476 g/mol. The second kappa shape index (κ2) is 9.58. The highest BCUT2D eigenvalue weighted by Crippen LogP contribution is 2.34. The van der Waals surface area contributed by atoms with Gasteiger partial charge >= 0.3 is 0 Å². The summed E-state index contributed by atoms with van der Waals surface area (Å²) >= 11 is 1.10. The van der Waals surface area contributed by atoms with E-state index in [0.29, 0.717) is 66.3 Å². The first kappa shape index (κ1) is 22.0. The molecule has 0 atom stereocenters. The summed E-state index contributed by atoms with van der Waals surface area (Å²) in [5.74, 6) is -0.597. The van der Waals surface area contributed by atoms with Crippen molar-refractivity contribution in [1.29, 1.82) is 0 Å². The van der Waals surface area contributed by atoms with E-state index in [9.17, 15) is 13.6 Å². The van der Waals surface area contributed by atoms with E-state index in [4.69, 9.17) is 14.2 Å². The number of benzene rings is 2. The number of carbonyl (C=O) groups is 1. The van der Waals surface area contributed by atoms with Crippen LogP contribution in [0.1, 0.15) is 16.8 Å². The van der Waals surface area contributed by atoms with Crippen molar-refractivity contribution in [2.45, 2.75) is 6.42 Å². The Labute approximate surface area is 193 Å². The van der Waals surface area contributed by atoms with Crippen LogP contribution in [-0.4, -0.2) is 68.4 Å². The van der Waals surface area contributed by atoms with Crippen molar-refractivity contribution in [3.8, 4) is 11.5 Å².